The minimum absolute atomic E-state index is 0.202. The summed E-state index contributed by atoms with van der Waals surface area (Å²) in [6.07, 6.45) is 0. The fraction of sp³-hybridized carbons (Fsp3) is 0.0667. The first-order valence-electron chi connectivity index (χ1n) is 5.91. The van der Waals surface area contributed by atoms with Gasteiger partial charge in [-0.25, -0.2) is 4.98 Å². The molecule has 3 aromatic rings. The van der Waals surface area contributed by atoms with Crippen LogP contribution in [0.4, 0.5) is 0 Å². The highest BCUT2D eigenvalue weighted by Gasteiger charge is 2.07. The fourth-order valence-corrected chi connectivity index (χ4v) is 1.98. The van der Waals surface area contributed by atoms with Crippen LogP contribution in [0.15, 0.2) is 53.3 Å². The zero-order valence-corrected chi connectivity index (χ0v) is 10.4. The molecule has 4 heteroatoms. The Balaban J connectivity index is 2.23. The number of H-pyrrole nitrogens is 1. The van der Waals surface area contributed by atoms with Gasteiger partial charge in [0, 0.05) is 11.6 Å². The minimum atomic E-state index is -0.202. The third-order valence-electron chi connectivity index (χ3n) is 2.95. The van der Waals surface area contributed by atoms with Crippen molar-refractivity contribution in [2.24, 2.45) is 0 Å². The molecule has 0 fully saturated rings. The third kappa shape index (κ3) is 2.08. The molecule has 1 aromatic heterocycles. The van der Waals surface area contributed by atoms with E-state index in [1.54, 1.807) is 13.2 Å². The van der Waals surface area contributed by atoms with Crippen LogP contribution in [0.2, 0.25) is 0 Å². The molecule has 0 amide bonds. The smallest absolute Gasteiger partial charge is 0.274 e. The highest BCUT2D eigenvalue weighted by atomic mass is 16.5. The molecule has 0 aliphatic carbocycles. The number of ether oxygens (including phenoxy) is 1. The summed E-state index contributed by atoms with van der Waals surface area (Å²) in [6.45, 7) is 0. The number of rotatable bonds is 2. The Labute approximate surface area is 109 Å². The van der Waals surface area contributed by atoms with E-state index < -0.39 is 0 Å². The number of aromatic amines is 1. The second kappa shape index (κ2) is 4.57. The summed E-state index contributed by atoms with van der Waals surface area (Å²) in [5, 5.41) is 0. The minimum Gasteiger partial charge on any atom is -0.497 e. The van der Waals surface area contributed by atoms with Crippen LogP contribution in [0.3, 0.4) is 0 Å². The van der Waals surface area contributed by atoms with Crippen molar-refractivity contribution in [2.75, 3.05) is 7.11 Å². The maximum Gasteiger partial charge on any atom is 0.274 e. The fourth-order valence-electron chi connectivity index (χ4n) is 1.98. The van der Waals surface area contributed by atoms with Crippen LogP contribution in [0.25, 0.3) is 22.3 Å². The van der Waals surface area contributed by atoms with Gasteiger partial charge in [0.25, 0.3) is 5.56 Å². The predicted molar refractivity (Wildman–Crippen MR) is 74.4 cm³/mol. The first kappa shape index (κ1) is 11.5. The Hall–Kier alpha value is -2.62. The number of nitrogens with zero attached hydrogens (tertiary/aromatic N) is 1. The predicted octanol–water partition coefficient (Wildman–Crippen LogP) is 2.60. The number of nitrogens with one attached hydrogen (secondary N) is 1. The van der Waals surface area contributed by atoms with Crippen LogP contribution in [-0.4, -0.2) is 17.1 Å². The van der Waals surface area contributed by atoms with Gasteiger partial charge >= 0.3 is 0 Å². The third-order valence-corrected chi connectivity index (χ3v) is 2.95. The van der Waals surface area contributed by atoms with Gasteiger partial charge in [0.2, 0.25) is 0 Å². The number of hydrogen-bond donors (Lipinski definition) is 1. The summed E-state index contributed by atoms with van der Waals surface area (Å²) in [4.78, 5) is 19.3. The maximum absolute atomic E-state index is 12.1. The highest BCUT2D eigenvalue weighted by molar-refractivity contribution is 5.78. The first-order valence-corrected chi connectivity index (χ1v) is 5.91. The van der Waals surface area contributed by atoms with E-state index in [4.69, 9.17) is 4.74 Å². The molecular weight excluding hydrogens is 240 g/mol. The lowest BCUT2D eigenvalue weighted by Gasteiger charge is -2.04. The molecule has 0 spiro atoms. The second-order valence-electron chi connectivity index (χ2n) is 4.16. The molecule has 0 bridgehead atoms. The summed E-state index contributed by atoms with van der Waals surface area (Å²) < 4.78 is 5.13. The molecular formula is C15H12N2O2. The van der Waals surface area contributed by atoms with Crippen LogP contribution in [0.1, 0.15) is 0 Å². The Morgan fingerprint density at radius 3 is 2.63 bits per heavy atom. The van der Waals surface area contributed by atoms with Crippen molar-refractivity contribution >= 4 is 11.0 Å². The normalized spacial score (nSPS) is 10.6. The van der Waals surface area contributed by atoms with E-state index in [-0.39, 0.29) is 5.56 Å². The lowest BCUT2D eigenvalue weighted by Crippen LogP contribution is -2.11. The Morgan fingerprint density at radius 1 is 1.11 bits per heavy atom. The second-order valence-corrected chi connectivity index (χ2v) is 4.16. The van der Waals surface area contributed by atoms with E-state index in [1.807, 2.05) is 42.5 Å². The van der Waals surface area contributed by atoms with Crippen LogP contribution in [0.5, 0.6) is 5.75 Å². The Bertz CT molecular complexity index is 779. The Morgan fingerprint density at radius 2 is 1.89 bits per heavy atom. The quantitative estimate of drug-likeness (QED) is 0.762. The molecule has 2 aromatic carbocycles. The molecule has 0 saturated heterocycles. The van der Waals surface area contributed by atoms with E-state index in [0.717, 1.165) is 11.1 Å². The van der Waals surface area contributed by atoms with Crippen LogP contribution >= 0.6 is 0 Å². The number of methoxy groups -OCH3 is 1. The van der Waals surface area contributed by atoms with Crippen molar-refractivity contribution in [2.45, 2.75) is 0 Å². The average molecular weight is 252 g/mol. The van der Waals surface area contributed by atoms with Crippen molar-refractivity contribution in [1.82, 2.24) is 9.97 Å². The monoisotopic (exact) mass is 252 g/mol. The van der Waals surface area contributed by atoms with Gasteiger partial charge in [0.05, 0.1) is 18.1 Å². The molecule has 0 atom stereocenters. The van der Waals surface area contributed by atoms with E-state index in [1.165, 1.54) is 0 Å². The van der Waals surface area contributed by atoms with Crippen molar-refractivity contribution < 1.29 is 4.74 Å². The van der Waals surface area contributed by atoms with Crippen LogP contribution in [0, 0.1) is 0 Å². The molecule has 3 rings (SSSR count). The van der Waals surface area contributed by atoms with Gasteiger partial charge in [-0.3, -0.25) is 4.79 Å². The van der Waals surface area contributed by atoms with Crippen LogP contribution in [-0.2, 0) is 0 Å². The molecule has 4 nitrogen and oxygen atoms in total. The molecule has 1 N–H and O–H groups in total. The van der Waals surface area contributed by atoms with Gasteiger partial charge in [0.1, 0.15) is 11.4 Å². The molecule has 0 radical (unpaired) electrons. The zero-order chi connectivity index (χ0) is 13.2. The molecule has 1 heterocycles. The molecule has 19 heavy (non-hydrogen) atoms. The number of hydrogen-bond acceptors (Lipinski definition) is 3. The van der Waals surface area contributed by atoms with E-state index in [2.05, 4.69) is 9.97 Å². The number of aromatic nitrogens is 2. The highest BCUT2D eigenvalue weighted by Crippen LogP contribution is 2.19. The van der Waals surface area contributed by atoms with Gasteiger partial charge < -0.3 is 9.72 Å². The van der Waals surface area contributed by atoms with Gasteiger partial charge in [-0.1, -0.05) is 30.3 Å². The van der Waals surface area contributed by atoms with Crippen LogP contribution < -0.4 is 10.3 Å². The van der Waals surface area contributed by atoms with Crippen molar-refractivity contribution in [3.63, 3.8) is 0 Å². The average Bonchev–Trinajstić information content (AvgIpc) is 2.47. The van der Waals surface area contributed by atoms with Crippen molar-refractivity contribution in [3.8, 4) is 17.0 Å². The Kier molecular flexibility index (Phi) is 2.76. The topological polar surface area (TPSA) is 55.0 Å². The summed E-state index contributed by atoms with van der Waals surface area (Å²) in [5.41, 5.74) is 2.44. The molecule has 0 aliphatic heterocycles. The standard InChI is InChI=1S/C15H12N2O2/c1-19-11-7-8-12-13(9-11)17-15(18)14(16-12)10-5-3-2-4-6-10/h2-9H,1H3,(H,17,18). The lowest BCUT2D eigenvalue weighted by atomic mass is 10.1. The maximum atomic E-state index is 12.1. The molecule has 0 unspecified atom stereocenters. The summed E-state index contributed by atoms with van der Waals surface area (Å²) in [7, 11) is 1.59. The van der Waals surface area contributed by atoms with Crippen molar-refractivity contribution in [1.29, 1.82) is 0 Å². The number of fused-ring (bicyclic) bond motifs is 1. The molecule has 94 valence electrons. The van der Waals surface area contributed by atoms with E-state index in [9.17, 15) is 4.79 Å². The van der Waals surface area contributed by atoms with Crippen molar-refractivity contribution in [3.05, 3.63) is 58.9 Å². The van der Waals surface area contributed by atoms with Gasteiger partial charge in [-0.15, -0.1) is 0 Å². The largest absolute Gasteiger partial charge is 0.497 e. The zero-order valence-electron chi connectivity index (χ0n) is 10.4. The lowest BCUT2D eigenvalue weighted by molar-refractivity contribution is 0.415. The summed E-state index contributed by atoms with van der Waals surface area (Å²) in [5.74, 6) is 0.692. The SMILES string of the molecule is COc1ccc2nc(-c3ccccc3)c(=O)[nH]c2c1. The van der Waals surface area contributed by atoms with Gasteiger partial charge in [-0.2, -0.15) is 0 Å². The van der Waals surface area contributed by atoms with E-state index in [0.29, 0.717) is 17.0 Å². The first-order chi connectivity index (χ1) is 9.28. The summed E-state index contributed by atoms with van der Waals surface area (Å²) >= 11 is 0. The van der Waals surface area contributed by atoms with Gasteiger partial charge in [-0.05, 0) is 12.1 Å². The summed E-state index contributed by atoms with van der Waals surface area (Å²) in [6, 6.07) is 14.8. The molecule has 0 aliphatic rings. The van der Waals surface area contributed by atoms with E-state index >= 15 is 0 Å². The van der Waals surface area contributed by atoms with Gasteiger partial charge in [0.15, 0.2) is 0 Å². The number of benzene rings is 2. The molecule has 0 saturated carbocycles.